The largest absolute Gasteiger partial charge is 0.478 e. The first-order chi connectivity index (χ1) is 8.94. The normalized spacial score (nSPS) is 17.1. The number of likely N-dealkylation sites (N-methyl/N-ethyl adjacent to an activating group) is 1. The quantitative estimate of drug-likeness (QED) is 0.859. The summed E-state index contributed by atoms with van der Waals surface area (Å²) < 4.78 is 13.5. The smallest absolute Gasteiger partial charge is 0.338 e. The van der Waals surface area contributed by atoms with Crippen LogP contribution in [0, 0.1) is 5.82 Å². The van der Waals surface area contributed by atoms with Crippen molar-refractivity contribution in [1.82, 2.24) is 4.90 Å². The van der Waals surface area contributed by atoms with Crippen LogP contribution >= 0.6 is 0 Å². The van der Waals surface area contributed by atoms with Gasteiger partial charge < -0.3 is 15.3 Å². The van der Waals surface area contributed by atoms with Crippen molar-refractivity contribution in [3.63, 3.8) is 0 Å². The van der Waals surface area contributed by atoms with Crippen molar-refractivity contribution in [3.8, 4) is 0 Å². The third-order valence-corrected chi connectivity index (χ3v) is 4.05. The van der Waals surface area contributed by atoms with Gasteiger partial charge in [0.05, 0.1) is 5.56 Å². The zero-order valence-electron chi connectivity index (χ0n) is 11.2. The maximum absolute atomic E-state index is 13.5. The van der Waals surface area contributed by atoms with Crippen LogP contribution < -0.4 is 5.32 Å². The number of hydrogen-bond acceptors (Lipinski definition) is 3. The molecule has 2 N–H and O–H groups in total. The van der Waals surface area contributed by atoms with E-state index in [1.54, 1.807) is 6.07 Å². The molecule has 0 atom stereocenters. The lowest BCUT2D eigenvalue weighted by Crippen LogP contribution is -2.54. The van der Waals surface area contributed by atoms with Crippen molar-refractivity contribution >= 4 is 11.7 Å². The molecule has 1 fully saturated rings. The second kappa shape index (κ2) is 5.17. The van der Waals surface area contributed by atoms with Gasteiger partial charge in [-0.05, 0) is 51.6 Å². The fourth-order valence-corrected chi connectivity index (χ4v) is 2.43. The Balaban J connectivity index is 2.04. The highest BCUT2D eigenvalue weighted by Crippen LogP contribution is 2.36. The number of nitrogens with zero attached hydrogens (tertiary/aromatic N) is 1. The van der Waals surface area contributed by atoms with E-state index in [2.05, 4.69) is 24.3 Å². The number of rotatable bonds is 5. The number of anilines is 1. The first-order valence-electron chi connectivity index (χ1n) is 6.39. The van der Waals surface area contributed by atoms with Crippen molar-refractivity contribution in [2.24, 2.45) is 0 Å². The molecule has 5 heteroatoms. The maximum Gasteiger partial charge on any atom is 0.338 e. The summed E-state index contributed by atoms with van der Waals surface area (Å²) in [6.07, 6.45) is 3.47. The first-order valence-corrected chi connectivity index (χ1v) is 6.39. The van der Waals surface area contributed by atoms with Crippen molar-refractivity contribution < 1.29 is 14.3 Å². The number of hydrogen-bond donors (Lipinski definition) is 2. The molecule has 0 bridgehead atoms. The summed E-state index contributed by atoms with van der Waals surface area (Å²) >= 11 is 0. The SMILES string of the molecule is CN(C)C1(CNc2ccc(C(=O)O)c(F)c2)CCC1. The molecule has 0 spiro atoms. The van der Waals surface area contributed by atoms with Crippen LogP contribution in [0.15, 0.2) is 18.2 Å². The van der Waals surface area contributed by atoms with Gasteiger partial charge >= 0.3 is 5.97 Å². The van der Waals surface area contributed by atoms with Crippen molar-refractivity contribution in [1.29, 1.82) is 0 Å². The average Bonchev–Trinajstić information content (AvgIpc) is 2.26. The van der Waals surface area contributed by atoms with E-state index in [9.17, 15) is 9.18 Å². The molecule has 1 aromatic carbocycles. The lowest BCUT2D eigenvalue weighted by atomic mass is 9.75. The topological polar surface area (TPSA) is 52.6 Å². The van der Waals surface area contributed by atoms with E-state index in [4.69, 9.17) is 5.11 Å². The second-order valence-corrected chi connectivity index (χ2v) is 5.33. The molecule has 1 aliphatic carbocycles. The van der Waals surface area contributed by atoms with E-state index in [0.29, 0.717) is 5.69 Å². The Bertz CT molecular complexity index is 484. The van der Waals surface area contributed by atoms with Crippen LogP contribution in [-0.4, -0.2) is 42.2 Å². The van der Waals surface area contributed by atoms with Crippen molar-refractivity contribution in [2.75, 3.05) is 26.0 Å². The Labute approximate surface area is 112 Å². The van der Waals surface area contributed by atoms with E-state index in [0.717, 1.165) is 19.4 Å². The fraction of sp³-hybridized carbons (Fsp3) is 0.500. The Morgan fingerprint density at radius 3 is 2.58 bits per heavy atom. The molecule has 1 aromatic rings. The van der Waals surface area contributed by atoms with Gasteiger partial charge in [-0.1, -0.05) is 0 Å². The molecule has 0 aliphatic heterocycles. The Morgan fingerprint density at radius 2 is 2.16 bits per heavy atom. The molecule has 1 saturated carbocycles. The van der Waals surface area contributed by atoms with Crippen LogP contribution in [0.3, 0.4) is 0 Å². The molecule has 2 rings (SSSR count). The molecule has 0 amide bonds. The fourth-order valence-electron chi connectivity index (χ4n) is 2.43. The third kappa shape index (κ3) is 2.71. The second-order valence-electron chi connectivity index (χ2n) is 5.33. The monoisotopic (exact) mass is 266 g/mol. The van der Waals surface area contributed by atoms with Crippen LogP contribution in [0.4, 0.5) is 10.1 Å². The molecule has 1 aliphatic rings. The highest BCUT2D eigenvalue weighted by atomic mass is 19.1. The highest BCUT2D eigenvalue weighted by molar-refractivity contribution is 5.88. The average molecular weight is 266 g/mol. The van der Waals surface area contributed by atoms with Gasteiger partial charge in [-0.15, -0.1) is 0 Å². The van der Waals surface area contributed by atoms with Crippen LogP contribution in [0.2, 0.25) is 0 Å². The van der Waals surface area contributed by atoms with Gasteiger partial charge in [0, 0.05) is 17.8 Å². The Morgan fingerprint density at radius 1 is 1.47 bits per heavy atom. The molecule has 0 radical (unpaired) electrons. The van der Waals surface area contributed by atoms with Crippen LogP contribution in [0.5, 0.6) is 0 Å². The molecular formula is C14H19FN2O2. The third-order valence-electron chi connectivity index (χ3n) is 4.05. The Kier molecular flexibility index (Phi) is 3.75. The molecule has 0 saturated heterocycles. The van der Waals surface area contributed by atoms with Crippen LogP contribution in [0.1, 0.15) is 29.6 Å². The number of carboxylic acids is 1. The molecular weight excluding hydrogens is 247 g/mol. The minimum atomic E-state index is -1.24. The van der Waals surface area contributed by atoms with Gasteiger partial charge in [-0.3, -0.25) is 0 Å². The van der Waals surface area contributed by atoms with Crippen molar-refractivity contribution in [3.05, 3.63) is 29.6 Å². The van der Waals surface area contributed by atoms with Crippen LogP contribution in [0.25, 0.3) is 0 Å². The van der Waals surface area contributed by atoms with Gasteiger partial charge in [0.2, 0.25) is 0 Å². The number of aromatic carboxylic acids is 1. The van der Waals surface area contributed by atoms with E-state index >= 15 is 0 Å². The standard InChI is InChI=1S/C14H19FN2O2/c1-17(2)14(6-3-7-14)9-16-10-4-5-11(13(18)19)12(15)8-10/h4-5,8,16H,3,6-7,9H2,1-2H3,(H,18,19). The summed E-state index contributed by atoms with van der Waals surface area (Å²) in [6, 6.07) is 4.14. The number of benzene rings is 1. The van der Waals surface area contributed by atoms with Gasteiger partial charge in [0.15, 0.2) is 0 Å². The summed E-state index contributed by atoms with van der Waals surface area (Å²) in [6.45, 7) is 0.742. The van der Waals surface area contributed by atoms with E-state index in [1.807, 2.05) is 0 Å². The summed E-state index contributed by atoms with van der Waals surface area (Å²) in [5, 5.41) is 12.0. The van der Waals surface area contributed by atoms with Gasteiger partial charge in [0.1, 0.15) is 5.82 Å². The predicted molar refractivity (Wildman–Crippen MR) is 72.1 cm³/mol. The molecule has 0 unspecified atom stereocenters. The minimum absolute atomic E-state index is 0.141. The number of halogens is 1. The molecule has 0 aromatic heterocycles. The number of carboxylic acid groups (broad SMARTS) is 1. The van der Waals surface area contributed by atoms with Crippen LogP contribution in [-0.2, 0) is 0 Å². The van der Waals surface area contributed by atoms with Gasteiger partial charge in [-0.2, -0.15) is 0 Å². The lowest BCUT2D eigenvalue weighted by molar-refractivity contribution is 0.0691. The minimum Gasteiger partial charge on any atom is -0.478 e. The lowest BCUT2D eigenvalue weighted by Gasteiger charge is -2.47. The zero-order valence-corrected chi connectivity index (χ0v) is 11.2. The predicted octanol–water partition coefficient (Wildman–Crippen LogP) is 2.42. The first kappa shape index (κ1) is 13.8. The number of nitrogens with one attached hydrogen (secondary N) is 1. The maximum atomic E-state index is 13.5. The van der Waals surface area contributed by atoms with E-state index in [1.165, 1.54) is 18.6 Å². The number of carbonyl (C=O) groups is 1. The van der Waals surface area contributed by atoms with E-state index in [-0.39, 0.29) is 11.1 Å². The summed E-state index contributed by atoms with van der Waals surface area (Å²) in [5.74, 6) is -1.95. The summed E-state index contributed by atoms with van der Waals surface area (Å²) in [4.78, 5) is 12.9. The van der Waals surface area contributed by atoms with E-state index < -0.39 is 11.8 Å². The van der Waals surface area contributed by atoms with Crippen molar-refractivity contribution in [2.45, 2.75) is 24.8 Å². The molecule has 19 heavy (non-hydrogen) atoms. The Hall–Kier alpha value is -1.62. The zero-order chi connectivity index (χ0) is 14.0. The molecule has 4 nitrogen and oxygen atoms in total. The highest BCUT2D eigenvalue weighted by Gasteiger charge is 2.38. The molecule has 104 valence electrons. The van der Waals surface area contributed by atoms with Gasteiger partial charge in [-0.25, -0.2) is 9.18 Å². The summed E-state index contributed by atoms with van der Waals surface area (Å²) in [5.41, 5.74) is 0.467. The molecule has 0 heterocycles. The summed E-state index contributed by atoms with van der Waals surface area (Å²) in [7, 11) is 4.10. The van der Waals surface area contributed by atoms with Gasteiger partial charge in [0.25, 0.3) is 0 Å².